The molecule has 2 rings (SSSR count). The lowest BCUT2D eigenvalue weighted by Crippen LogP contribution is -1.99. The summed E-state index contributed by atoms with van der Waals surface area (Å²) < 4.78 is 1.71. The van der Waals surface area contributed by atoms with Gasteiger partial charge in [-0.25, -0.2) is 4.68 Å². The van der Waals surface area contributed by atoms with E-state index >= 15 is 0 Å². The van der Waals surface area contributed by atoms with Crippen molar-refractivity contribution in [3.8, 4) is 5.69 Å². The standard InChI is InChI=1S/C13H16ClN3/c14-13-8-10-16-17(13)12-6-4-11(5-7-12)3-1-2-9-15/h4-8,10H,1-3,9,15H2. The number of hydrogen-bond acceptors (Lipinski definition) is 2. The third-order valence-corrected chi connectivity index (χ3v) is 2.98. The van der Waals surface area contributed by atoms with Gasteiger partial charge in [-0.2, -0.15) is 5.10 Å². The van der Waals surface area contributed by atoms with Crippen LogP contribution in [-0.4, -0.2) is 16.3 Å². The van der Waals surface area contributed by atoms with Crippen molar-refractivity contribution in [2.45, 2.75) is 19.3 Å². The second kappa shape index (κ2) is 5.84. The SMILES string of the molecule is NCCCCc1ccc(-n2nccc2Cl)cc1. The molecule has 0 aliphatic carbocycles. The number of benzene rings is 1. The first-order valence-electron chi connectivity index (χ1n) is 5.80. The summed E-state index contributed by atoms with van der Waals surface area (Å²) in [4.78, 5) is 0. The maximum absolute atomic E-state index is 6.00. The fraction of sp³-hybridized carbons (Fsp3) is 0.308. The number of hydrogen-bond donors (Lipinski definition) is 1. The van der Waals surface area contributed by atoms with Crippen LogP contribution in [0.25, 0.3) is 5.69 Å². The highest BCUT2D eigenvalue weighted by Crippen LogP contribution is 2.16. The average Bonchev–Trinajstić information content (AvgIpc) is 2.77. The van der Waals surface area contributed by atoms with E-state index in [2.05, 4.69) is 17.2 Å². The van der Waals surface area contributed by atoms with Gasteiger partial charge in [-0.15, -0.1) is 0 Å². The Morgan fingerprint density at radius 1 is 1.12 bits per heavy atom. The first kappa shape index (κ1) is 12.1. The van der Waals surface area contributed by atoms with Gasteiger partial charge >= 0.3 is 0 Å². The Morgan fingerprint density at radius 2 is 1.88 bits per heavy atom. The van der Waals surface area contributed by atoms with E-state index in [1.807, 2.05) is 12.1 Å². The van der Waals surface area contributed by atoms with Gasteiger partial charge in [0.15, 0.2) is 0 Å². The Morgan fingerprint density at radius 3 is 2.47 bits per heavy atom. The van der Waals surface area contributed by atoms with Crippen LogP contribution in [-0.2, 0) is 6.42 Å². The molecule has 0 aliphatic heterocycles. The highest BCUT2D eigenvalue weighted by molar-refractivity contribution is 6.29. The van der Waals surface area contributed by atoms with Crippen molar-refractivity contribution in [2.24, 2.45) is 5.73 Å². The third kappa shape index (κ3) is 3.08. The van der Waals surface area contributed by atoms with E-state index < -0.39 is 0 Å². The maximum atomic E-state index is 6.00. The van der Waals surface area contributed by atoms with Gasteiger partial charge in [-0.1, -0.05) is 23.7 Å². The third-order valence-electron chi connectivity index (χ3n) is 2.70. The molecule has 1 aromatic carbocycles. The van der Waals surface area contributed by atoms with Gasteiger partial charge in [0.1, 0.15) is 5.15 Å². The highest BCUT2D eigenvalue weighted by Gasteiger charge is 2.01. The van der Waals surface area contributed by atoms with E-state index in [0.717, 1.165) is 31.5 Å². The summed E-state index contributed by atoms with van der Waals surface area (Å²) in [5, 5.41) is 4.79. The lowest BCUT2D eigenvalue weighted by molar-refractivity contribution is 0.744. The molecule has 0 radical (unpaired) electrons. The van der Waals surface area contributed by atoms with Crippen LogP contribution in [0.5, 0.6) is 0 Å². The molecule has 17 heavy (non-hydrogen) atoms. The van der Waals surface area contributed by atoms with Gasteiger partial charge in [0.25, 0.3) is 0 Å². The molecule has 0 amide bonds. The van der Waals surface area contributed by atoms with E-state index in [-0.39, 0.29) is 0 Å². The molecule has 0 aliphatic rings. The molecule has 1 heterocycles. The van der Waals surface area contributed by atoms with Crippen LogP contribution in [0.4, 0.5) is 0 Å². The van der Waals surface area contributed by atoms with Crippen molar-refractivity contribution >= 4 is 11.6 Å². The van der Waals surface area contributed by atoms with E-state index in [9.17, 15) is 0 Å². The Labute approximate surface area is 106 Å². The van der Waals surface area contributed by atoms with Gasteiger partial charge in [0.05, 0.1) is 11.9 Å². The van der Waals surface area contributed by atoms with E-state index in [0.29, 0.717) is 5.15 Å². The molecule has 0 unspecified atom stereocenters. The largest absolute Gasteiger partial charge is 0.330 e. The number of halogens is 1. The van der Waals surface area contributed by atoms with Gasteiger partial charge in [-0.3, -0.25) is 0 Å². The Balaban J connectivity index is 2.06. The molecule has 0 atom stereocenters. The van der Waals surface area contributed by atoms with Crippen molar-refractivity contribution in [3.05, 3.63) is 47.2 Å². The zero-order valence-electron chi connectivity index (χ0n) is 9.64. The van der Waals surface area contributed by atoms with Gasteiger partial charge < -0.3 is 5.73 Å². The molecule has 0 fully saturated rings. The molecule has 0 spiro atoms. The molecule has 0 saturated heterocycles. The Kier molecular flexibility index (Phi) is 4.18. The number of aromatic nitrogens is 2. The Hall–Kier alpha value is -1.32. The number of nitrogens with two attached hydrogens (primary N) is 1. The number of aryl methyl sites for hydroxylation is 1. The van der Waals surface area contributed by atoms with Crippen molar-refractivity contribution in [1.82, 2.24) is 9.78 Å². The predicted molar refractivity (Wildman–Crippen MR) is 70.6 cm³/mol. The number of rotatable bonds is 5. The van der Waals surface area contributed by atoms with Crippen LogP contribution < -0.4 is 5.73 Å². The second-order valence-corrected chi connectivity index (χ2v) is 4.37. The first-order valence-corrected chi connectivity index (χ1v) is 6.18. The van der Waals surface area contributed by atoms with Crippen LogP contribution in [0, 0.1) is 0 Å². The van der Waals surface area contributed by atoms with Crippen LogP contribution in [0.1, 0.15) is 18.4 Å². The summed E-state index contributed by atoms with van der Waals surface area (Å²) in [7, 11) is 0. The van der Waals surface area contributed by atoms with Crippen LogP contribution >= 0.6 is 11.6 Å². The second-order valence-electron chi connectivity index (χ2n) is 3.98. The van der Waals surface area contributed by atoms with Crippen molar-refractivity contribution in [1.29, 1.82) is 0 Å². The van der Waals surface area contributed by atoms with Gasteiger partial charge in [0, 0.05) is 0 Å². The number of unbranched alkanes of at least 4 members (excludes halogenated alkanes) is 1. The molecule has 1 aromatic heterocycles. The van der Waals surface area contributed by atoms with Crippen molar-refractivity contribution in [3.63, 3.8) is 0 Å². The predicted octanol–water partition coefficient (Wildman–Crippen LogP) is 2.81. The van der Waals surface area contributed by atoms with Gasteiger partial charge in [-0.05, 0) is 49.6 Å². The molecule has 2 N–H and O–H groups in total. The fourth-order valence-corrected chi connectivity index (χ4v) is 1.95. The maximum Gasteiger partial charge on any atom is 0.132 e. The fourth-order valence-electron chi connectivity index (χ4n) is 1.75. The smallest absolute Gasteiger partial charge is 0.132 e. The van der Waals surface area contributed by atoms with E-state index in [1.54, 1.807) is 16.9 Å². The highest BCUT2D eigenvalue weighted by atomic mass is 35.5. The van der Waals surface area contributed by atoms with Crippen LogP contribution in [0.2, 0.25) is 5.15 Å². The van der Waals surface area contributed by atoms with Crippen LogP contribution in [0.3, 0.4) is 0 Å². The zero-order chi connectivity index (χ0) is 12.1. The van der Waals surface area contributed by atoms with Crippen molar-refractivity contribution < 1.29 is 0 Å². The summed E-state index contributed by atoms with van der Waals surface area (Å²) in [6, 6.07) is 10.1. The minimum Gasteiger partial charge on any atom is -0.330 e. The molecule has 0 bridgehead atoms. The number of nitrogens with zero attached hydrogens (tertiary/aromatic N) is 2. The van der Waals surface area contributed by atoms with Crippen LogP contribution in [0.15, 0.2) is 36.5 Å². The zero-order valence-corrected chi connectivity index (χ0v) is 10.4. The molecule has 90 valence electrons. The molecule has 2 aromatic rings. The average molecular weight is 250 g/mol. The minimum atomic E-state index is 0.626. The molecule has 0 saturated carbocycles. The molecular formula is C13H16ClN3. The summed E-state index contributed by atoms with van der Waals surface area (Å²) in [5.41, 5.74) is 7.78. The topological polar surface area (TPSA) is 43.8 Å². The summed E-state index contributed by atoms with van der Waals surface area (Å²) in [6.07, 6.45) is 4.98. The van der Waals surface area contributed by atoms with Crippen molar-refractivity contribution in [2.75, 3.05) is 6.54 Å². The summed E-state index contributed by atoms with van der Waals surface area (Å²) in [6.45, 7) is 0.765. The molecule has 3 nitrogen and oxygen atoms in total. The van der Waals surface area contributed by atoms with E-state index in [4.69, 9.17) is 17.3 Å². The summed E-state index contributed by atoms with van der Waals surface area (Å²) >= 11 is 6.00. The van der Waals surface area contributed by atoms with Gasteiger partial charge in [0.2, 0.25) is 0 Å². The molecule has 4 heteroatoms. The Bertz CT molecular complexity index is 462. The normalized spacial score (nSPS) is 10.7. The minimum absolute atomic E-state index is 0.626. The quantitative estimate of drug-likeness (QED) is 0.829. The van der Waals surface area contributed by atoms with E-state index in [1.165, 1.54) is 5.56 Å². The summed E-state index contributed by atoms with van der Waals surface area (Å²) in [5.74, 6) is 0. The lowest BCUT2D eigenvalue weighted by atomic mass is 10.1. The first-order chi connectivity index (χ1) is 8.31. The monoisotopic (exact) mass is 249 g/mol. The molecular weight excluding hydrogens is 234 g/mol. The lowest BCUT2D eigenvalue weighted by Gasteiger charge is -2.05.